The number of nitrogens with zero attached hydrogens (tertiary/aromatic N) is 1. The molecule has 0 saturated carbocycles. The normalized spacial score (nSPS) is 15.8. The average molecular weight is 340 g/mol. The number of nitrogens with one attached hydrogen (secondary N) is 1. The second-order valence-electron chi connectivity index (χ2n) is 6.03. The van der Waals surface area contributed by atoms with Gasteiger partial charge in [0.05, 0.1) is 12.1 Å². The van der Waals surface area contributed by atoms with Crippen molar-refractivity contribution in [3.63, 3.8) is 0 Å². The maximum Gasteiger partial charge on any atom is 0.267 e. The van der Waals surface area contributed by atoms with Crippen molar-refractivity contribution in [1.29, 1.82) is 0 Å². The van der Waals surface area contributed by atoms with Crippen LogP contribution in [-0.2, 0) is 13.0 Å². The van der Waals surface area contributed by atoms with E-state index in [0.717, 1.165) is 22.4 Å². The molecule has 6 heteroatoms. The molecule has 1 atom stereocenters. The van der Waals surface area contributed by atoms with Gasteiger partial charge in [-0.2, -0.15) is 0 Å². The van der Waals surface area contributed by atoms with Crippen LogP contribution >= 0.6 is 11.3 Å². The molecule has 0 saturated heterocycles. The Hall–Kier alpha value is -2.60. The Kier molecular flexibility index (Phi) is 3.42. The first-order valence-corrected chi connectivity index (χ1v) is 8.65. The summed E-state index contributed by atoms with van der Waals surface area (Å²) in [5, 5.41) is 15.8. The Morgan fingerprint density at radius 1 is 1.38 bits per heavy atom. The van der Waals surface area contributed by atoms with Gasteiger partial charge in [-0.1, -0.05) is 18.2 Å². The van der Waals surface area contributed by atoms with Gasteiger partial charge in [-0.3, -0.25) is 9.59 Å². The van der Waals surface area contributed by atoms with E-state index in [1.54, 1.807) is 10.6 Å². The topological polar surface area (TPSA) is 71.3 Å². The first-order valence-electron chi connectivity index (χ1n) is 7.77. The van der Waals surface area contributed by atoms with Gasteiger partial charge >= 0.3 is 0 Å². The number of benzene rings is 1. The van der Waals surface area contributed by atoms with Gasteiger partial charge in [-0.05, 0) is 36.4 Å². The van der Waals surface area contributed by atoms with Crippen LogP contribution in [0.25, 0.3) is 10.9 Å². The summed E-state index contributed by atoms with van der Waals surface area (Å²) < 4.78 is 1.63. The van der Waals surface area contributed by atoms with Crippen molar-refractivity contribution in [2.24, 2.45) is 0 Å². The van der Waals surface area contributed by atoms with Gasteiger partial charge in [-0.15, -0.1) is 11.3 Å². The van der Waals surface area contributed by atoms with Crippen LogP contribution in [0.1, 0.15) is 33.8 Å². The Morgan fingerprint density at radius 3 is 2.96 bits per heavy atom. The highest BCUT2D eigenvalue weighted by atomic mass is 32.1. The predicted octanol–water partition coefficient (Wildman–Crippen LogP) is 2.82. The molecule has 0 aliphatic carbocycles. The summed E-state index contributed by atoms with van der Waals surface area (Å²) in [6, 6.07) is 9.33. The summed E-state index contributed by atoms with van der Waals surface area (Å²) in [5.41, 5.74) is 1.16. The third kappa shape index (κ3) is 2.14. The zero-order valence-electron chi connectivity index (χ0n) is 13.1. The van der Waals surface area contributed by atoms with Crippen molar-refractivity contribution in [3.05, 3.63) is 62.1 Å². The predicted molar refractivity (Wildman–Crippen MR) is 93.8 cm³/mol. The number of amides is 1. The van der Waals surface area contributed by atoms with Crippen molar-refractivity contribution >= 4 is 28.1 Å². The summed E-state index contributed by atoms with van der Waals surface area (Å²) in [5.74, 6) is -0.771. The van der Waals surface area contributed by atoms with E-state index < -0.39 is 11.5 Å². The van der Waals surface area contributed by atoms with E-state index in [4.69, 9.17) is 0 Å². The molecule has 3 aromatic rings. The fourth-order valence-electron chi connectivity index (χ4n) is 3.39. The van der Waals surface area contributed by atoms with E-state index in [9.17, 15) is 14.7 Å². The molecule has 0 bridgehead atoms. The van der Waals surface area contributed by atoms with Gasteiger partial charge in [0.25, 0.3) is 11.5 Å². The largest absolute Gasteiger partial charge is 0.506 e. The number of pyridine rings is 1. The molecule has 0 radical (unpaired) electrons. The summed E-state index contributed by atoms with van der Waals surface area (Å²) in [6.07, 6.45) is 0.728. The molecular formula is C18H16N2O3S. The maximum absolute atomic E-state index is 12.8. The van der Waals surface area contributed by atoms with E-state index in [-0.39, 0.29) is 17.4 Å². The average Bonchev–Trinajstić information content (AvgIpc) is 3.18. The second-order valence-corrected chi connectivity index (χ2v) is 7.06. The molecule has 5 nitrogen and oxygen atoms in total. The molecule has 2 aromatic heterocycles. The van der Waals surface area contributed by atoms with Crippen LogP contribution in [-0.4, -0.2) is 15.6 Å². The number of hydrogen-bond acceptors (Lipinski definition) is 4. The van der Waals surface area contributed by atoms with Crippen molar-refractivity contribution < 1.29 is 9.90 Å². The molecule has 0 spiro atoms. The summed E-state index contributed by atoms with van der Waals surface area (Å²) in [4.78, 5) is 26.4. The molecule has 122 valence electrons. The molecule has 1 aliphatic heterocycles. The lowest BCUT2D eigenvalue weighted by Crippen LogP contribution is -2.33. The van der Waals surface area contributed by atoms with E-state index in [1.807, 2.05) is 36.6 Å². The lowest BCUT2D eigenvalue weighted by atomic mass is 10.1. The molecule has 2 N–H and O–H groups in total. The molecule has 3 heterocycles. The van der Waals surface area contributed by atoms with E-state index >= 15 is 0 Å². The number of aromatic hydroxyl groups is 1. The molecule has 24 heavy (non-hydrogen) atoms. The van der Waals surface area contributed by atoms with Crippen LogP contribution in [0.2, 0.25) is 0 Å². The fourth-order valence-corrected chi connectivity index (χ4v) is 4.04. The molecule has 4 rings (SSSR count). The third-order valence-electron chi connectivity index (χ3n) is 4.47. The van der Waals surface area contributed by atoms with Crippen molar-refractivity contribution in [1.82, 2.24) is 9.88 Å². The van der Waals surface area contributed by atoms with Crippen LogP contribution in [0.3, 0.4) is 0 Å². The maximum atomic E-state index is 12.8. The number of thiophene rings is 1. The third-order valence-corrected chi connectivity index (χ3v) is 5.35. The summed E-state index contributed by atoms with van der Waals surface area (Å²) >= 11 is 1.53. The number of carbonyl (C=O) groups excluding carboxylic acids is 1. The van der Waals surface area contributed by atoms with Crippen molar-refractivity contribution in [2.75, 3.05) is 0 Å². The smallest absolute Gasteiger partial charge is 0.267 e. The minimum absolute atomic E-state index is 0.0261. The van der Waals surface area contributed by atoms with Crippen molar-refractivity contribution in [2.45, 2.75) is 25.9 Å². The number of para-hydroxylation sites is 1. The Labute approximate surface area is 142 Å². The van der Waals surface area contributed by atoms with Gasteiger partial charge in [0, 0.05) is 16.3 Å². The number of aromatic nitrogens is 1. The van der Waals surface area contributed by atoms with Gasteiger partial charge in [0.2, 0.25) is 0 Å². The highest BCUT2D eigenvalue weighted by Crippen LogP contribution is 2.35. The van der Waals surface area contributed by atoms with Crippen LogP contribution in [0.5, 0.6) is 5.75 Å². The Bertz CT molecular complexity index is 1010. The molecule has 1 amide bonds. The number of carbonyl (C=O) groups is 1. The highest BCUT2D eigenvalue weighted by Gasteiger charge is 2.29. The zero-order chi connectivity index (χ0) is 16.8. The first kappa shape index (κ1) is 15.0. The van der Waals surface area contributed by atoms with Gasteiger partial charge in [-0.25, -0.2) is 0 Å². The number of hydrogen-bond donors (Lipinski definition) is 2. The van der Waals surface area contributed by atoms with Crippen LogP contribution < -0.4 is 10.9 Å². The van der Waals surface area contributed by atoms with Crippen molar-refractivity contribution in [3.8, 4) is 5.75 Å². The minimum Gasteiger partial charge on any atom is -0.506 e. The molecule has 1 aromatic carbocycles. The van der Waals surface area contributed by atoms with E-state index in [2.05, 4.69) is 5.32 Å². The van der Waals surface area contributed by atoms with Crippen LogP contribution in [0.15, 0.2) is 40.5 Å². The summed E-state index contributed by atoms with van der Waals surface area (Å²) in [6.45, 7) is 2.29. The fraction of sp³-hybridized carbons (Fsp3) is 0.222. The monoisotopic (exact) mass is 340 g/mol. The van der Waals surface area contributed by atoms with Crippen LogP contribution in [0, 0.1) is 0 Å². The van der Waals surface area contributed by atoms with Gasteiger partial charge in [0.1, 0.15) is 11.3 Å². The Balaban J connectivity index is 1.82. The molecular weight excluding hydrogens is 324 g/mol. The van der Waals surface area contributed by atoms with E-state index in [1.165, 1.54) is 11.3 Å². The standard InChI is InChI=1S/C18H16N2O3S/c1-10-8-11-4-2-6-13-15(11)20(10)18(23)14(16(13)21)17(22)19-9-12-5-3-7-24-12/h2-7,10,21H,8-9H2,1H3,(H,19,22)/t10-/m0/s1. The zero-order valence-corrected chi connectivity index (χ0v) is 13.9. The van der Waals surface area contributed by atoms with Gasteiger partial charge < -0.3 is 15.0 Å². The SMILES string of the molecule is C[C@H]1Cc2cccc3c(O)c(C(=O)NCc4cccs4)c(=O)n1c23. The molecule has 1 aliphatic rings. The lowest BCUT2D eigenvalue weighted by molar-refractivity contribution is 0.0946. The lowest BCUT2D eigenvalue weighted by Gasteiger charge is -2.14. The first-order chi connectivity index (χ1) is 11.6. The van der Waals surface area contributed by atoms with E-state index in [0.29, 0.717) is 11.9 Å². The molecule has 0 fully saturated rings. The Morgan fingerprint density at radius 2 is 2.21 bits per heavy atom. The second kappa shape index (κ2) is 5.49. The summed E-state index contributed by atoms with van der Waals surface area (Å²) in [7, 11) is 0. The van der Waals surface area contributed by atoms with Gasteiger partial charge in [0.15, 0.2) is 0 Å². The number of rotatable bonds is 3. The highest BCUT2D eigenvalue weighted by molar-refractivity contribution is 7.09. The molecule has 0 unspecified atom stereocenters. The minimum atomic E-state index is -0.541. The van der Waals surface area contributed by atoms with Crippen LogP contribution in [0.4, 0.5) is 0 Å². The quantitative estimate of drug-likeness (QED) is 0.770.